The van der Waals surface area contributed by atoms with E-state index in [0.29, 0.717) is 19.6 Å². The number of alkyl halides is 1. The Balaban J connectivity index is 2.30. The Morgan fingerprint density at radius 2 is 1.80 bits per heavy atom. The van der Waals surface area contributed by atoms with Crippen LogP contribution in [-0.4, -0.2) is 37.7 Å². The zero-order valence-electron chi connectivity index (χ0n) is 8.91. The van der Waals surface area contributed by atoms with E-state index in [0.717, 1.165) is 37.4 Å². The van der Waals surface area contributed by atoms with Crippen molar-refractivity contribution in [3.63, 3.8) is 0 Å². The third-order valence-corrected chi connectivity index (χ3v) is 4.67. The third-order valence-electron chi connectivity index (χ3n) is 2.50. The van der Waals surface area contributed by atoms with Crippen LogP contribution in [0, 0.1) is 0 Å². The average molecular weight is 299 g/mol. The van der Waals surface area contributed by atoms with Gasteiger partial charge >= 0.3 is 0 Å². The summed E-state index contributed by atoms with van der Waals surface area (Å²) < 4.78 is 27.7. The van der Waals surface area contributed by atoms with Gasteiger partial charge in [-0.1, -0.05) is 22.4 Å². The van der Waals surface area contributed by atoms with Gasteiger partial charge in [0.1, 0.15) is 0 Å². The summed E-state index contributed by atoms with van der Waals surface area (Å²) in [6.45, 7) is 1.89. The Morgan fingerprint density at radius 3 is 2.40 bits per heavy atom. The van der Waals surface area contributed by atoms with Gasteiger partial charge in [0.15, 0.2) is 0 Å². The number of halogens is 1. The van der Waals surface area contributed by atoms with Gasteiger partial charge in [-0.15, -0.1) is 0 Å². The van der Waals surface area contributed by atoms with Gasteiger partial charge < -0.3 is 0 Å². The van der Waals surface area contributed by atoms with Crippen LogP contribution in [0.4, 0.5) is 0 Å². The van der Waals surface area contributed by atoms with E-state index in [-0.39, 0.29) is 0 Å². The van der Waals surface area contributed by atoms with Gasteiger partial charge in [-0.25, -0.2) is 4.72 Å². The molecule has 1 heterocycles. The minimum atomic E-state index is -3.20. The molecule has 1 rings (SSSR count). The van der Waals surface area contributed by atoms with E-state index < -0.39 is 10.2 Å². The lowest BCUT2D eigenvalue weighted by molar-refractivity contribution is 0.341. The summed E-state index contributed by atoms with van der Waals surface area (Å²) in [4.78, 5) is 0. The predicted octanol–water partition coefficient (Wildman–Crippen LogP) is 1.48. The molecular formula is C9H19BrN2O2S. The van der Waals surface area contributed by atoms with Crippen LogP contribution in [0.3, 0.4) is 0 Å². The molecule has 0 spiro atoms. The molecule has 6 heteroatoms. The number of hydrogen-bond donors (Lipinski definition) is 1. The molecule has 1 aliphatic heterocycles. The van der Waals surface area contributed by atoms with Gasteiger partial charge in [-0.2, -0.15) is 12.7 Å². The first-order valence-corrected chi connectivity index (χ1v) is 8.03. The molecule has 0 aromatic rings. The molecule has 1 aliphatic rings. The molecule has 0 atom stereocenters. The number of hydrogen-bond acceptors (Lipinski definition) is 2. The van der Waals surface area contributed by atoms with Gasteiger partial charge in [0, 0.05) is 25.0 Å². The summed E-state index contributed by atoms with van der Waals surface area (Å²) in [7, 11) is -3.20. The third kappa shape index (κ3) is 4.80. The van der Waals surface area contributed by atoms with Crippen molar-refractivity contribution >= 4 is 26.1 Å². The summed E-state index contributed by atoms with van der Waals surface area (Å²) in [5.74, 6) is 0. The second kappa shape index (κ2) is 6.83. The highest BCUT2D eigenvalue weighted by Crippen LogP contribution is 2.11. The van der Waals surface area contributed by atoms with E-state index >= 15 is 0 Å². The molecule has 0 radical (unpaired) electrons. The predicted molar refractivity (Wildman–Crippen MR) is 65.4 cm³/mol. The maximum Gasteiger partial charge on any atom is 0.279 e. The summed E-state index contributed by atoms with van der Waals surface area (Å²) in [6.07, 6.45) is 5.01. The Bertz CT molecular complexity index is 263. The second-order valence-corrected chi connectivity index (χ2v) is 6.30. The van der Waals surface area contributed by atoms with E-state index in [4.69, 9.17) is 0 Å². The molecule has 1 fully saturated rings. The first-order chi connectivity index (χ1) is 7.17. The van der Waals surface area contributed by atoms with E-state index in [2.05, 4.69) is 20.7 Å². The molecule has 0 aromatic carbocycles. The lowest BCUT2D eigenvalue weighted by Gasteiger charge is -2.25. The monoisotopic (exact) mass is 298 g/mol. The van der Waals surface area contributed by atoms with Crippen LogP contribution in [0.5, 0.6) is 0 Å². The SMILES string of the molecule is O=S(=O)(NCCCCBr)N1CCCCC1. The Morgan fingerprint density at radius 1 is 1.13 bits per heavy atom. The zero-order chi connectivity index (χ0) is 11.1. The molecule has 1 N–H and O–H groups in total. The summed E-state index contributed by atoms with van der Waals surface area (Å²) >= 11 is 3.32. The van der Waals surface area contributed by atoms with E-state index in [1.54, 1.807) is 4.31 Å². The minimum Gasteiger partial charge on any atom is -0.202 e. The summed E-state index contributed by atoms with van der Waals surface area (Å²) in [5.41, 5.74) is 0. The number of rotatable bonds is 6. The van der Waals surface area contributed by atoms with Crippen molar-refractivity contribution in [3.8, 4) is 0 Å². The first kappa shape index (κ1) is 13.4. The highest BCUT2D eigenvalue weighted by atomic mass is 79.9. The van der Waals surface area contributed by atoms with Crippen LogP contribution in [0.2, 0.25) is 0 Å². The van der Waals surface area contributed by atoms with Crippen molar-refractivity contribution in [3.05, 3.63) is 0 Å². The Kier molecular flexibility index (Phi) is 6.11. The van der Waals surface area contributed by atoms with E-state index in [9.17, 15) is 8.42 Å². The maximum absolute atomic E-state index is 11.8. The van der Waals surface area contributed by atoms with Gasteiger partial charge in [0.25, 0.3) is 10.2 Å². The molecule has 0 amide bonds. The van der Waals surface area contributed by atoms with E-state index in [1.807, 2.05) is 0 Å². The van der Waals surface area contributed by atoms with Crippen LogP contribution in [-0.2, 0) is 10.2 Å². The normalized spacial score (nSPS) is 19.3. The van der Waals surface area contributed by atoms with Crippen LogP contribution >= 0.6 is 15.9 Å². The fourth-order valence-electron chi connectivity index (χ4n) is 1.62. The van der Waals surface area contributed by atoms with Crippen molar-refractivity contribution in [1.82, 2.24) is 9.03 Å². The fourth-order valence-corrected chi connectivity index (χ4v) is 3.34. The molecule has 15 heavy (non-hydrogen) atoms. The minimum absolute atomic E-state index is 0.546. The van der Waals surface area contributed by atoms with Gasteiger partial charge in [0.2, 0.25) is 0 Å². The highest BCUT2D eigenvalue weighted by Gasteiger charge is 2.22. The molecule has 0 bridgehead atoms. The second-order valence-electron chi connectivity index (χ2n) is 3.76. The van der Waals surface area contributed by atoms with Crippen LogP contribution in [0.1, 0.15) is 32.1 Å². The van der Waals surface area contributed by atoms with Crippen molar-refractivity contribution in [2.75, 3.05) is 25.0 Å². The van der Waals surface area contributed by atoms with Gasteiger partial charge in [-0.3, -0.25) is 0 Å². The van der Waals surface area contributed by atoms with Crippen LogP contribution < -0.4 is 4.72 Å². The Labute approximate surface area is 101 Å². The highest BCUT2D eigenvalue weighted by molar-refractivity contribution is 9.09. The number of nitrogens with zero attached hydrogens (tertiary/aromatic N) is 1. The maximum atomic E-state index is 11.8. The van der Waals surface area contributed by atoms with Crippen LogP contribution in [0.25, 0.3) is 0 Å². The van der Waals surface area contributed by atoms with Gasteiger partial charge in [-0.05, 0) is 25.7 Å². The molecule has 0 unspecified atom stereocenters. The molecule has 4 nitrogen and oxygen atoms in total. The zero-order valence-corrected chi connectivity index (χ0v) is 11.3. The molecule has 1 saturated heterocycles. The first-order valence-electron chi connectivity index (χ1n) is 5.47. The van der Waals surface area contributed by atoms with E-state index in [1.165, 1.54) is 0 Å². The average Bonchev–Trinajstić information content (AvgIpc) is 2.26. The number of nitrogens with one attached hydrogen (secondary N) is 1. The van der Waals surface area contributed by atoms with Crippen LogP contribution in [0.15, 0.2) is 0 Å². The fraction of sp³-hybridized carbons (Fsp3) is 1.00. The number of piperidine rings is 1. The van der Waals surface area contributed by atoms with Crippen molar-refractivity contribution in [2.24, 2.45) is 0 Å². The molecule has 90 valence electrons. The summed E-state index contributed by atoms with van der Waals surface area (Å²) in [5, 5.41) is 0.929. The largest absolute Gasteiger partial charge is 0.279 e. The summed E-state index contributed by atoms with van der Waals surface area (Å²) in [6, 6.07) is 0. The van der Waals surface area contributed by atoms with Gasteiger partial charge in [0.05, 0.1) is 0 Å². The van der Waals surface area contributed by atoms with Crippen molar-refractivity contribution < 1.29 is 8.42 Å². The van der Waals surface area contributed by atoms with Crippen molar-refractivity contribution in [2.45, 2.75) is 32.1 Å². The topological polar surface area (TPSA) is 49.4 Å². The smallest absolute Gasteiger partial charge is 0.202 e. The number of unbranched alkanes of at least 4 members (excludes halogenated alkanes) is 1. The quantitative estimate of drug-likeness (QED) is 0.596. The van der Waals surface area contributed by atoms with Crippen molar-refractivity contribution in [1.29, 1.82) is 0 Å². The molecule has 0 saturated carbocycles. The molecule has 0 aliphatic carbocycles. The molecule has 0 aromatic heterocycles. The lowest BCUT2D eigenvalue weighted by atomic mass is 10.2. The Hall–Kier alpha value is 0.350. The standard InChI is InChI=1S/C9H19BrN2O2S/c10-6-2-3-7-11-15(13,14)12-8-4-1-5-9-12/h11H,1-9H2. The molecular weight excluding hydrogens is 280 g/mol. The lowest BCUT2D eigenvalue weighted by Crippen LogP contribution is -2.43.